The number of piperidine rings is 1. The molecule has 1 unspecified atom stereocenters. The van der Waals surface area contributed by atoms with Crippen LogP contribution in [0.25, 0.3) is 0 Å². The van der Waals surface area contributed by atoms with Gasteiger partial charge >= 0.3 is 0 Å². The zero-order chi connectivity index (χ0) is 19.2. The van der Waals surface area contributed by atoms with E-state index in [0.717, 1.165) is 25.2 Å². The molecule has 146 valence electrons. The van der Waals surface area contributed by atoms with E-state index in [0.29, 0.717) is 30.6 Å². The van der Waals surface area contributed by atoms with Crippen molar-refractivity contribution >= 4 is 0 Å². The number of hydrogen-bond acceptors (Lipinski definition) is 5. The fourth-order valence-corrected chi connectivity index (χ4v) is 4.02. The topological polar surface area (TPSA) is 62.4 Å². The van der Waals surface area contributed by atoms with Crippen molar-refractivity contribution in [2.45, 2.75) is 51.1 Å². The van der Waals surface area contributed by atoms with Gasteiger partial charge in [0.25, 0.3) is 0 Å². The van der Waals surface area contributed by atoms with Crippen LogP contribution in [0.2, 0.25) is 0 Å². The Morgan fingerprint density at radius 2 is 1.89 bits per heavy atom. The van der Waals surface area contributed by atoms with Crippen molar-refractivity contribution in [1.29, 1.82) is 0 Å². The monoisotopic (exact) mass is 377 g/mol. The molecule has 0 amide bonds. The summed E-state index contributed by atoms with van der Waals surface area (Å²) in [6, 6.07) is 18.3. The summed E-state index contributed by atoms with van der Waals surface area (Å²) in [6.45, 7) is 1.79. The highest BCUT2D eigenvalue weighted by molar-refractivity contribution is 5.27. The molecule has 0 radical (unpaired) electrons. The van der Waals surface area contributed by atoms with E-state index in [9.17, 15) is 5.11 Å². The molecule has 0 saturated carbocycles. The number of aromatic nitrogens is 2. The summed E-state index contributed by atoms with van der Waals surface area (Å²) < 4.78 is 5.53. The molecule has 2 aromatic carbocycles. The number of rotatable bonds is 7. The van der Waals surface area contributed by atoms with Crippen LogP contribution in [0.3, 0.4) is 0 Å². The van der Waals surface area contributed by atoms with Crippen LogP contribution in [0.4, 0.5) is 0 Å². The van der Waals surface area contributed by atoms with Crippen molar-refractivity contribution in [3.8, 4) is 5.75 Å². The SMILES string of the molecule is Oc1cccc(CCC2CCCCN2Cc2nc(Cc3ccccc3)no2)c1. The summed E-state index contributed by atoms with van der Waals surface area (Å²) in [5.41, 5.74) is 2.38. The van der Waals surface area contributed by atoms with E-state index >= 15 is 0 Å². The predicted molar refractivity (Wildman–Crippen MR) is 108 cm³/mol. The van der Waals surface area contributed by atoms with Gasteiger partial charge in [0, 0.05) is 12.5 Å². The van der Waals surface area contributed by atoms with Gasteiger partial charge in [-0.3, -0.25) is 4.90 Å². The summed E-state index contributed by atoms with van der Waals surface area (Å²) in [6.07, 6.45) is 6.43. The van der Waals surface area contributed by atoms with Crippen molar-refractivity contribution in [3.05, 3.63) is 77.4 Å². The second-order valence-electron chi connectivity index (χ2n) is 7.60. The minimum Gasteiger partial charge on any atom is -0.508 e. The van der Waals surface area contributed by atoms with Gasteiger partial charge in [0.15, 0.2) is 5.82 Å². The van der Waals surface area contributed by atoms with Gasteiger partial charge in [0.1, 0.15) is 5.75 Å². The molecule has 0 bridgehead atoms. The Bertz CT molecular complexity index is 878. The molecule has 4 rings (SSSR count). The Hall–Kier alpha value is -2.66. The summed E-state index contributed by atoms with van der Waals surface area (Å²) in [5.74, 6) is 1.79. The minimum atomic E-state index is 0.342. The molecule has 1 fully saturated rings. The average Bonchev–Trinajstić information content (AvgIpc) is 3.15. The van der Waals surface area contributed by atoms with Crippen LogP contribution in [-0.4, -0.2) is 32.7 Å². The van der Waals surface area contributed by atoms with Gasteiger partial charge in [-0.1, -0.05) is 54.0 Å². The van der Waals surface area contributed by atoms with Crippen molar-refractivity contribution in [2.75, 3.05) is 6.54 Å². The molecule has 3 aromatic rings. The lowest BCUT2D eigenvalue weighted by Crippen LogP contribution is -2.39. The standard InChI is InChI=1S/C23H27N3O2/c27-21-11-6-9-19(15-21)12-13-20-10-4-5-14-26(20)17-23-24-22(25-28-23)16-18-7-2-1-3-8-18/h1-3,6-9,11,15,20,27H,4-5,10,12-14,16-17H2. The number of aromatic hydroxyl groups is 1. The molecule has 0 spiro atoms. The number of phenolic OH excluding ortho intramolecular Hbond substituents is 1. The number of nitrogens with zero attached hydrogens (tertiary/aromatic N) is 3. The molecule has 28 heavy (non-hydrogen) atoms. The third-order valence-electron chi connectivity index (χ3n) is 5.48. The van der Waals surface area contributed by atoms with Crippen LogP contribution < -0.4 is 0 Å². The molecule has 5 heteroatoms. The Labute approximate surface area is 166 Å². The highest BCUT2D eigenvalue weighted by Crippen LogP contribution is 2.24. The molecule has 1 aliphatic rings. The third kappa shape index (κ3) is 4.98. The minimum absolute atomic E-state index is 0.342. The van der Waals surface area contributed by atoms with E-state index in [1.807, 2.05) is 30.3 Å². The van der Waals surface area contributed by atoms with Crippen molar-refractivity contribution in [2.24, 2.45) is 0 Å². The van der Waals surface area contributed by atoms with Gasteiger partial charge in [0.2, 0.25) is 5.89 Å². The average molecular weight is 377 g/mol. The van der Waals surface area contributed by atoms with Gasteiger partial charge in [-0.2, -0.15) is 4.98 Å². The van der Waals surface area contributed by atoms with E-state index in [1.165, 1.54) is 30.4 Å². The molecule has 1 aromatic heterocycles. The van der Waals surface area contributed by atoms with Gasteiger partial charge < -0.3 is 9.63 Å². The number of likely N-dealkylation sites (tertiary alicyclic amines) is 1. The predicted octanol–water partition coefficient (Wildman–Crippen LogP) is 4.35. The molecule has 1 atom stereocenters. The van der Waals surface area contributed by atoms with Crippen LogP contribution in [0, 0.1) is 0 Å². The summed E-state index contributed by atoms with van der Waals surface area (Å²) in [4.78, 5) is 7.09. The molecule has 1 saturated heterocycles. The van der Waals surface area contributed by atoms with Crippen molar-refractivity contribution in [1.82, 2.24) is 15.0 Å². The van der Waals surface area contributed by atoms with Crippen LogP contribution >= 0.6 is 0 Å². The Kier molecular flexibility index (Phi) is 6.02. The van der Waals surface area contributed by atoms with E-state index < -0.39 is 0 Å². The van der Waals surface area contributed by atoms with Crippen molar-refractivity contribution in [3.63, 3.8) is 0 Å². The van der Waals surface area contributed by atoms with Crippen molar-refractivity contribution < 1.29 is 9.63 Å². The second kappa shape index (κ2) is 9.02. The lowest BCUT2D eigenvalue weighted by molar-refractivity contribution is 0.117. The van der Waals surface area contributed by atoms with Gasteiger partial charge in [-0.25, -0.2) is 0 Å². The largest absolute Gasteiger partial charge is 0.508 e. The molecule has 1 aliphatic heterocycles. The maximum absolute atomic E-state index is 9.67. The fourth-order valence-electron chi connectivity index (χ4n) is 4.02. The second-order valence-corrected chi connectivity index (χ2v) is 7.60. The lowest BCUT2D eigenvalue weighted by Gasteiger charge is -2.34. The first-order valence-corrected chi connectivity index (χ1v) is 10.1. The van der Waals surface area contributed by atoms with E-state index in [2.05, 4.69) is 33.2 Å². The van der Waals surface area contributed by atoms with Crippen LogP contribution in [0.15, 0.2) is 59.1 Å². The Morgan fingerprint density at radius 1 is 1.04 bits per heavy atom. The van der Waals surface area contributed by atoms with Gasteiger partial charge in [0.05, 0.1) is 6.54 Å². The fraction of sp³-hybridized carbons (Fsp3) is 0.391. The van der Waals surface area contributed by atoms with Gasteiger partial charge in [-0.15, -0.1) is 0 Å². The quantitative estimate of drug-likeness (QED) is 0.663. The Morgan fingerprint density at radius 3 is 2.75 bits per heavy atom. The van der Waals surface area contributed by atoms with E-state index in [4.69, 9.17) is 4.52 Å². The number of hydrogen-bond donors (Lipinski definition) is 1. The summed E-state index contributed by atoms with van der Waals surface area (Å²) in [7, 11) is 0. The van der Waals surface area contributed by atoms with E-state index in [1.54, 1.807) is 6.07 Å². The molecule has 2 heterocycles. The molecule has 0 aliphatic carbocycles. The maximum atomic E-state index is 9.67. The first-order valence-electron chi connectivity index (χ1n) is 10.1. The third-order valence-corrected chi connectivity index (χ3v) is 5.48. The van der Waals surface area contributed by atoms with Crippen LogP contribution in [0.5, 0.6) is 5.75 Å². The van der Waals surface area contributed by atoms with Crippen LogP contribution in [-0.2, 0) is 19.4 Å². The maximum Gasteiger partial charge on any atom is 0.240 e. The first kappa shape index (κ1) is 18.7. The summed E-state index contributed by atoms with van der Waals surface area (Å²) in [5, 5.41) is 13.8. The zero-order valence-corrected chi connectivity index (χ0v) is 16.1. The molecule has 1 N–H and O–H groups in total. The first-order chi connectivity index (χ1) is 13.8. The number of aryl methyl sites for hydroxylation is 1. The number of benzene rings is 2. The van der Waals surface area contributed by atoms with Gasteiger partial charge in [-0.05, 0) is 55.5 Å². The number of phenols is 1. The van der Waals surface area contributed by atoms with Crippen LogP contribution in [0.1, 0.15) is 48.5 Å². The molecular formula is C23H27N3O2. The summed E-state index contributed by atoms with van der Waals surface area (Å²) >= 11 is 0. The normalized spacial score (nSPS) is 17.6. The highest BCUT2D eigenvalue weighted by Gasteiger charge is 2.24. The molecular weight excluding hydrogens is 350 g/mol. The molecule has 5 nitrogen and oxygen atoms in total. The van der Waals surface area contributed by atoms with E-state index in [-0.39, 0.29) is 0 Å². The smallest absolute Gasteiger partial charge is 0.240 e. The lowest BCUT2D eigenvalue weighted by atomic mass is 9.96. The Balaban J connectivity index is 1.35. The highest BCUT2D eigenvalue weighted by atomic mass is 16.5. The zero-order valence-electron chi connectivity index (χ0n) is 16.1.